The summed E-state index contributed by atoms with van der Waals surface area (Å²) in [5, 5.41) is 9.47. The number of aliphatic hydroxyl groups excluding tert-OH is 1. The highest BCUT2D eigenvalue weighted by atomic mass is 16.3. The van der Waals surface area contributed by atoms with E-state index >= 15 is 0 Å². The molecule has 0 radical (unpaired) electrons. The average molecular weight is 172 g/mol. The van der Waals surface area contributed by atoms with E-state index in [9.17, 15) is 5.11 Å². The molecule has 0 spiro atoms. The minimum absolute atomic E-state index is 0.108. The van der Waals surface area contributed by atoms with Gasteiger partial charge in [0.15, 0.2) is 0 Å². The topological polar surface area (TPSA) is 20.2 Å². The fourth-order valence-electron chi connectivity index (χ4n) is 1.56. The summed E-state index contributed by atoms with van der Waals surface area (Å²) in [5.41, 5.74) is 0. The van der Waals surface area contributed by atoms with E-state index in [0.29, 0.717) is 5.92 Å². The summed E-state index contributed by atoms with van der Waals surface area (Å²) in [5.74, 6) is 0.546. The zero-order valence-corrected chi connectivity index (χ0v) is 8.84. The number of unbranched alkanes of at least 4 members (excludes halogenated alkanes) is 2. The fourth-order valence-corrected chi connectivity index (χ4v) is 1.56. The van der Waals surface area contributed by atoms with Crippen LogP contribution in [0.3, 0.4) is 0 Å². The Kier molecular flexibility index (Phi) is 7.58. The summed E-state index contributed by atoms with van der Waals surface area (Å²) in [4.78, 5) is 0. The summed E-state index contributed by atoms with van der Waals surface area (Å²) >= 11 is 0. The minimum atomic E-state index is -0.108. The SMILES string of the molecule is CCCCC(CCCC)C(C)O. The first-order valence-electron chi connectivity index (χ1n) is 5.40. The average Bonchev–Trinajstić information content (AvgIpc) is 2.04. The normalized spacial score (nSPS) is 13.8. The van der Waals surface area contributed by atoms with Crippen molar-refractivity contribution in [1.29, 1.82) is 0 Å². The van der Waals surface area contributed by atoms with Gasteiger partial charge in [-0.3, -0.25) is 0 Å². The molecule has 0 rings (SSSR count). The zero-order valence-electron chi connectivity index (χ0n) is 8.84. The molecular weight excluding hydrogens is 148 g/mol. The largest absolute Gasteiger partial charge is 0.393 e. The van der Waals surface area contributed by atoms with Gasteiger partial charge in [-0.25, -0.2) is 0 Å². The summed E-state index contributed by atoms with van der Waals surface area (Å²) in [6, 6.07) is 0. The van der Waals surface area contributed by atoms with E-state index in [4.69, 9.17) is 0 Å². The van der Waals surface area contributed by atoms with E-state index in [1.54, 1.807) is 0 Å². The molecule has 0 aromatic rings. The summed E-state index contributed by atoms with van der Waals surface area (Å²) in [6.45, 7) is 6.34. The quantitative estimate of drug-likeness (QED) is 0.624. The molecule has 1 atom stereocenters. The summed E-state index contributed by atoms with van der Waals surface area (Å²) in [6.07, 6.45) is 7.31. The Bertz CT molecular complexity index is 81.0. The molecule has 0 aliphatic carbocycles. The lowest BCUT2D eigenvalue weighted by atomic mass is 9.92. The molecule has 1 nitrogen and oxygen atoms in total. The first kappa shape index (κ1) is 12.0. The van der Waals surface area contributed by atoms with Crippen LogP contribution < -0.4 is 0 Å². The van der Waals surface area contributed by atoms with Crippen molar-refractivity contribution in [3.63, 3.8) is 0 Å². The molecular formula is C11H24O. The maximum atomic E-state index is 9.47. The van der Waals surface area contributed by atoms with Crippen molar-refractivity contribution in [3.8, 4) is 0 Å². The molecule has 0 saturated heterocycles. The molecule has 1 N–H and O–H groups in total. The van der Waals surface area contributed by atoms with Crippen molar-refractivity contribution >= 4 is 0 Å². The molecule has 0 aliphatic rings. The molecule has 0 amide bonds. The molecule has 1 unspecified atom stereocenters. The van der Waals surface area contributed by atoms with Gasteiger partial charge in [0.05, 0.1) is 6.10 Å². The second-order valence-corrected chi connectivity index (χ2v) is 3.79. The zero-order chi connectivity index (χ0) is 9.40. The second kappa shape index (κ2) is 7.60. The highest BCUT2D eigenvalue weighted by Gasteiger charge is 2.12. The Balaban J connectivity index is 3.55. The summed E-state index contributed by atoms with van der Waals surface area (Å²) < 4.78 is 0. The Morgan fingerprint density at radius 1 is 1.00 bits per heavy atom. The lowest BCUT2D eigenvalue weighted by Crippen LogP contribution is -2.16. The van der Waals surface area contributed by atoms with Crippen LogP contribution in [0.15, 0.2) is 0 Å². The van der Waals surface area contributed by atoms with Gasteiger partial charge in [-0.2, -0.15) is 0 Å². The van der Waals surface area contributed by atoms with Crippen LogP contribution in [-0.4, -0.2) is 11.2 Å². The van der Waals surface area contributed by atoms with E-state index in [2.05, 4.69) is 13.8 Å². The smallest absolute Gasteiger partial charge is 0.0540 e. The van der Waals surface area contributed by atoms with Crippen LogP contribution in [0.4, 0.5) is 0 Å². The molecule has 0 aromatic carbocycles. The van der Waals surface area contributed by atoms with E-state index in [-0.39, 0.29) is 6.10 Å². The van der Waals surface area contributed by atoms with Crippen molar-refractivity contribution in [2.24, 2.45) is 5.92 Å². The van der Waals surface area contributed by atoms with Crippen LogP contribution >= 0.6 is 0 Å². The third-order valence-electron chi connectivity index (χ3n) is 2.54. The first-order chi connectivity index (χ1) is 5.72. The Morgan fingerprint density at radius 2 is 1.42 bits per heavy atom. The number of rotatable bonds is 7. The molecule has 0 fully saturated rings. The lowest BCUT2D eigenvalue weighted by Gasteiger charge is -2.18. The standard InChI is InChI=1S/C11H24O/c1-4-6-8-11(10(3)12)9-7-5-2/h10-12H,4-9H2,1-3H3. The van der Waals surface area contributed by atoms with Gasteiger partial charge in [-0.15, -0.1) is 0 Å². The van der Waals surface area contributed by atoms with Gasteiger partial charge in [-0.05, 0) is 25.7 Å². The van der Waals surface area contributed by atoms with E-state index in [1.165, 1.54) is 38.5 Å². The number of aliphatic hydroxyl groups is 1. The Labute approximate surface area is 77.2 Å². The summed E-state index contributed by atoms with van der Waals surface area (Å²) in [7, 11) is 0. The van der Waals surface area contributed by atoms with Crippen molar-refractivity contribution in [1.82, 2.24) is 0 Å². The van der Waals surface area contributed by atoms with E-state index in [0.717, 1.165) is 0 Å². The molecule has 0 saturated carbocycles. The fraction of sp³-hybridized carbons (Fsp3) is 1.00. The van der Waals surface area contributed by atoms with Crippen molar-refractivity contribution in [2.45, 2.75) is 65.4 Å². The second-order valence-electron chi connectivity index (χ2n) is 3.79. The predicted octanol–water partition coefficient (Wildman–Crippen LogP) is 3.36. The van der Waals surface area contributed by atoms with Gasteiger partial charge in [0.2, 0.25) is 0 Å². The van der Waals surface area contributed by atoms with Gasteiger partial charge in [0.25, 0.3) is 0 Å². The van der Waals surface area contributed by atoms with Gasteiger partial charge in [-0.1, -0.05) is 39.5 Å². The maximum Gasteiger partial charge on any atom is 0.0540 e. The highest BCUT2D eigenvalue weighted by molar-refractivity contribution is 4.64. The van der Waals surface area contributed by atoms with E-state index in [1.807, 2.05) is 6.92 Å². The van der Waals surface area contributed by atoms with Gasteiger partial charge >= 0.3 is 0 Å². The molecule has 0 bridgehead atoms. The number of hydrogen-bond donors (Lipinski definition) is 1. The van der Waals surface area contributed by atoms with Crippen molar-refractivity contribution in [2.75, 3.05) is 0 Å². The monoisotopic (exact) mass is 172 g/mol. The predicted molar refractivity (Wildman–Crippen MR) is 54.2 cm³/mol. The van der Waals surface area contributed by atoms with E-state index < -0.39 is 0 Å². The molecule has 74 valence electrons. The van der Waals surface area contributed by atoms with Crippen LogP contribution in [-0.2, 0) is 0 Å². The maximum absolute atomic E-state index is 9.47. The van der Waals surface area contributed by atoms with Crippen LogP contribution in [0.1, 0.15) is 59.3 Å². The molecule has 0 aliphatic heterocycles. The minimum Gasteiger partial charge on any atom is -0.393 e. The molecule has 1 heteroatoms. The van der Waals surface area contributed by atoms with Crippen LogP contribution in [0, 0.1) is 5.92 Å². The number of hydrogen-bond acceptors (Lipinski definition) is 1. The van der Waals surface area contributed by atoms with Gasteiger partial charge in [0, 0.05) is 0 Å². The van der Waals surface area contributed by atoms with Crippen molar-refractivity contribution < 1.29 is 5.11 Å². The van der Waals surface area contributed by atoms with Crippen LogP contribution in [0.2, 0.25) is 0 Å². The van der Waals surface area contributed by atoms with Gasteiger partial charge < -0.3 is 5.11 Å². The van der Waals surface area contributed by atoms with Crippen LogP contribution in [0.25, 0.3) is 0 Å². The molecule has 0 heterocycles. The lowest BCUT2D eigenvalue weighted by molar-refractivity contribution is 0.111. The molecule has 0 aromatic heterocycles. The van der Waals surface area contributed by atoms with Crippen LogP contribution in [0.5, 0.6) is 0 Å². The Hall–Kier alpha value is -0.0400. The highest BCUT2D eigenvalue weighted by Crippen LogP contribution is 2.19. The Morgan fingerprint density at radius 3 is 1.67 bits per heavy atom. The third-order valence-corrected chi connectivity index (χ3v) is 2.54. The third kappa shape index (κ3) is 5.59. The first-order valence-corrected chi connectivity index (χ1v) is 5.40. The molecule has 12 heavy (non-hydrogen) atoms. The van der Waals surface area contributed by atoms with Crippen molar-refractivity contribution in [3.05, 3.63) is 0 Å². The van der Waals surface area contributed by atoms with Gasteiger partial charge in [0.1, 0.15) is 0 Å².